The van der Waals surface area contributed by atoms with E-state index in [1.54, 1.807) is 6.33 Å². The first-order valence-corrected chi connectivity index (χ1v) is 6.28. The predicted octanol–water partition coefficient (Wildman–Crippen LogP) is 0.565. The van der Waals surface area contributed by atoms with Crippen LogP contribution in [0.4, 0.5) is 5.82 Å². The summed E-state index contributed by atoms with van der Waals surface area (Å²) in [7, 11) is 0. The van der Waals surface area contributed by atoms with Gasteiger partial charge in [-0.05, 0) is 12.8 Å². The highest BCUT2D eigenvalue weighted by Gasteiger charge is 2.22. The zero-order valence-corrected chi connectivity index (χ0v) is 9.93. The SMILES string of the molecule is c1ncc(CNC2CC2)c(N2CCOCC2)n1. The van der Waals surface area contributed by atoms with Gasteiger partial charge in [0.25, 0.3) is 0 Å². The number of rotatable bonds is 4. The van der Waals surface area contributed by atoms with Crippen molar-refractivity contribution in [3.8, 4) is 0 Å². The van der Waals surface area contributed by atoms with Crippen molar-refractivity contribution in [3.63, 3.8) is 0 Å². The van der Waals surface area contributed by atoms with E-state index < -0.39 is 0 Å². The molecule has 0 atom stereocenters. The molecule has 1 aromatic rings. The number of anilines is 1. The van der Waals surface area contributed by atoms with Gasteiger partial charge in [0.15, 0.2) is 0 Å². The number of morpholine rings is 1. The van der Waals surface area contributed by atoms with Gasteiger partial charge in [0.2, 0.25) is 0 Å². The Labute approximate surface area is 101 Å². The van der Waals surface area contributed by atoms with Gasteiger partial charge in [0, 0.05) is 37.4 Å². The smallest absolute Gasteiger partial charge is 0.136 e. The van der Waals surface area contributed by atoms with Gasteiger partial charge in [-0.2, -0.15) is 0 Å². The average molecular weight is 234 g/mol. The van der Waals surface area contributed by atoms with Gasteiger partial charge in [0.05, 0.1) is 13.2 Å². The van der Waals surface area contributed by atoms with Gasteiger partial charge in [-0.1, -0.05) is 0 Å². The van der Waals surface area contributed by atoms with Crippen molar-refractivity contribution in [1.29, 1.82) is 0 Å². The lowest BCUT2D eigenvalue weighted by Crippen LogP contribution is -2.37. The van der Waals surface area contributed by atoms with E-state index in [4.69, 9.17) is 4.74 Å². The summed E-state index contributed by atoms with van der Waals surface area (Å²) in [6.45, 7) is 4.30. The van der Waals surface area contributed by atoms with Crippen LogP contribution in [-0.2, 0) is 11.3 Å². The molecule has 0 unspecified atom stereocenters. The Morgan fingerprint density at radius 1 is 1.35 bits per heavy atom. The van der Waals surface area contributed by atoms with Crippen molar-refractivity contribution >= 4 is 5.82 Å². The van der Waals surface area contributed by atoms with Crippen LogP contribution in [0.25, 0.3) is 0 Å². The predicted molar refractivity (Wildman–Crippen MR) is 64.9 cm³/mol. The van der Waals surface area contributed by atoms with Crippen LogP contribution in [0.15, 0.2) is 12.5 Å². The van der Waals surface area contributed by atoms with Crippen molar-refractivity contribution in [2.24, 2.45) is 0 Å². The molecule has 0 bridgehead atoms. The third-order valence-corrected chi connectivity index (χ3v) is 3.23. The fourth-order valence-corrected chi connectivity index (χ4v) is 2.08. The fraction of sp³-hybridized carbons (Fsp3) is 0.667. The molecule has 2 aliphatic rings. The highest BCUT2D eigenvalue weighted by molar-refractivity contribution is 5.45. The summed E-state index contributed by atoms with van der Waals surface area (Å²) in [6, 6.07) is 0.716. The molecule has 1 saturated heterocycles. The summed E-state index contributed by atoms with van der Waals surface area (Å²) in [4.78, 5) is 10.8. The fourth-order valence-electron chi connectivity index (χ4n) is 2.08. The molecule has 92 valence electrons. The Morgan fingerprint density at radius 2 is 2.18 bits per heavy atom. The lowest BCUT2D eigenvalue weighted by atomic mass is 10.2. The second-order valence-electron chi connectivity index (χ2n) is 4.63. The Kier molecular flexibility index (Phi) is 3.20. The van der Waals surface area contributed by atoms with E-state index >= 15 is 0 Å². The van der Waals surface area contributed by atoms with Gasteiger partial charge in [-0.3, -0.25) is 0 Å². The number of nitrogens with zero attached hydrogens (tertiary/aromatic N) is 3. The summed E-state index contributed by atoms with van der Waals surface area (Å²) in [5.41, 5.74) is 1.20. The van der Waals surface area contributed by atoms with Gasteiger partial charge in [0.1, 0.15) is 12.1 Å². The summed E-state index contributed by atoms with van der Waals surface area (Å²) in [6.07, 6.45) is 6.17. The van der Waals surface area contributed by atoms with E-state index in [2.05, 4.69) is 20.2 Å². The van der Waals surface area contributed by atoms with Crippen LogP contribution in [-0.4, -0.2) is 42.3 Å². The number of hydrogen-bond donors (Lipinski definition) is 1. The Bertz CT molecular complexity index is 375. The third-order valence-electron chi connectivity index (χ3n) is 3.23. The van der Waals surface area contributed by atoms with E-state index in [0.29, 0.717) is 6.04 Å². The second kappa shape index (κ2) is 4.98. The molecule has 17 heavy (non-hydrogen) atoms. The normalized spacial score (nSPS) is 20.6. The van der Waals surface area contributed by atoms with Crippen LogP contribution in [0.1, 0.15) is 18.4 Å². The van der Waals surface area contributed by atoms with Crippen LogP contribution in [0, 0.1) is 0 Å². The van der Waals surface area contributed by atoms with Crippen LogP contribution in [0.3, 0.4) is 0 Å². The first kappa shape index (κ1) is 10.9. The maximum absolute atomic E-state index is 5.37. The molecular formula is C12H18N4O. The standard InChI is InChI=1S/C12H18N4O/c1-2-11(1)14-8-10-7-13-9-15-12(10)16-3-5-17-6-4-16/h7,9,11,14H,1-6,8H2. The van der Waals surface area contributed by atoms with E-state index in [0.717, 1.165) is 38.7 Å². The molecule has 1 N–H and O–H groups in total. The van der Waals surface area contributed by atoms with E-state index in [1.165, 1.54) is 18.4 Å². The number of hydrogen-bond acceptors (Lipinski definition) is 5. The highest BCUT2D eigenvalue weighted by atomic mass is 16.5. The maximum atomic E-state index is 5.37. The van der Waals surface area contributed by atoms with Crippen molar-refractivity contribution in [1.82, 2.24) is 15.3 Å². The largest absolute Gasteiger partial charge is 0.378 e. The van der Waals surface area contributed by atoms with Crippen molar-refractivity contribution in [2.75, 3.05) is 31.2 Å². The molecule has 1 saturated carbocycles. The second-order valence-corrected chi connectivity index (χ2v) is 4.63. The zero-order valence-electron chi connectivity index (χ0n) is 9.93. The molecule has 0 spiro atoms. The minimum absolute atomic E-state index is 0.716. The van der Waals surface area contributed by atoms with E-state index in [1.807, 2.05) is 6.20 Å². The van der Waals surface area contributed by atoms with E-state index in [-0.39, 0.29) is 0 Å². The zero-order chi connectivity index (χ0) is 11.5. The lowest BCUT2D eigenvalue weighted by Gasteiger charge is -2.29. The van der Waals surface area contributed by atoms with Gasteiger partial charge in [-0.15, -0.1) is 0 Å². The third kappa shape index (κ3) is 2.73. The number of aromatic nitrogens is 2. The minimum Gasteiger partial charge on any atom is -0.378 e. The molecule has 2 heterocycles. The number of ether oxygens (including phenoxy) is 1. The molecule has 1 aliphatic heterocycles. The van der Waals surface area contributed by atoms with Crippen LogP contribution in [0.5, 0.6) is 0 Å². The topological polar surface area (TPSA) is 50.3 Å². The summed E-state index contributed by atoms with van der Waals surface area (Å²) >= 11 is 0. The molecule has 2 fully saturated rings. The molecule has 0 aromatic carbocycles. The Balaban J connectivity index is 1.71. The molecule has 1 aliphatic carbocycles. The molecule has 1 aromatic heterocycles. The molecule has 3 rings (SSSR count). The summed E-state index contributed by atoms with van der Waals surface area (Å²) in [5, 5.41) is 3.51. The first-order chi connectivity index (χ1) is 8.43. The molecule has 0 radical (unpaired) electrons. The Morgan fingerprint density at radius 3 is 2.94 bits per heavy atom. The van der Waals surface area contributed by atoms with Crippen molar-refractivity contribution in [2.45, 2.75) is 25.4 Å². The molecule has 0 amide bonds. The summed E-state index contributed by atoms with van der Waals surface area (Å²) in [5.74, 6) is 1.07. The summed E-state index contributed by atoms with van der Waals surface area (Å²) < 4.78 is 5.37. The lowest BCUT2D eigenvalue weighted by molar-refractivity contribution is 0.122. The first-order valence-electron chi connectivity index (χ1n) is 6.28. The average Bonchev–Trinajstić information content (AvgIpc) is 3.22. The van der Waals surface area contributed by atoms with Crippen molar-refractivity contribution in [3.05, 3.63) is 18.1 Å². The highest BCUT2D eigenvalue weighted by Crippen LogP contribution is 2.22. The number of nitrogens with one attached hydrogen (secondary N) is 1. The van der Waals surface area contributed by atoms with Gasteiger partial charge in [-0.25, -0.2) is 9.97 Å². The minimum atomic E-state index is 0.716. The quantitative estimate of drug-likeness (QED) is 0.825. The van der Waals surface area contributed by atoms with Gasteiger partial charge < -0.3 is 15.0 Å². The van der Waals surface area contributed by atoms with Gasteiger partial charge >= 0.3 is 0 Å². The van der Waals surface area contributed by atoms with Crippen molar-refractivity contribution < 1.29 is 4.74 Å². The maximum Gasteiger partial charge on any atom is 0.136 e. The Hall–Kier alpha value is -1.20. The molecule has 5 heteroatoms. The van der Waals surface area contributed by atoms with Crippen LogP contribution >= 0.6 is 0 Å². The van der Waals surface area contributed by atoms with Crippen LogP contribution in [0.2, 0.25) is 0 Å². The van der Waals surface area contributed by atoms with E-state index in [9.17, 15) is 0 Å². The molecular weight excluding hydrogens is 216 g/mol. The monoisotopic (exact) mass is 234 g/mol. The molecule has 5 nitrogen and oxygen atoms in total. The van der Waals surface area contributed by atoms with Crippen LogP contribution < -0.4 is 10.2 Å².